The Morgan fingerprint density at radius 1 is 1.30 bits per heavy atom. The Morgan fingerprint density at radius 3 is 3.03 bits per heavy atom. The Hall–Kier alpha value is -2.38. The molecule has 4 heterocycles. The maximum absolute atomic E-state index is 12.9. The van der Waals surface area contributed by atoms with Crippen LogP contribution < -0.4 is 5.32 Å². The highest BCUT2D eigenvalue weighted by atomic mass is 32.1. The van der Waals surface area contributed by atoms with Crippen molar-refractivity contribution >= 4 is 33.7 Å². The van der Waals surface area contributed by atoms with Crippen molar-refractivity contribution in [1.29, 1.82) is 0 Å². The molecule has 1 aromatic carbocycles. The lowest BCUT2D eigenvalue weighted by atomic mass is 9.94. The average molecular weight is 425 g/mol. The predicted octanol–water partition coefficient (Wildman–Crippen LogP) is 4.59. The van der Waals surface area contributed by atoms with Crippen LogP contribution in [0.1, 0.15) is 49.8 Å². The first-order valence-corrected chi connectivity index (χ1v) is 11.8. The number of carbonyl (C=O) groups excluding carboxylic acids is 1. The van der Waals surface area contributed by atoms with Gasteiger partial charge in [0.15, 0.2) is 0 Å². The highest BCUT2D eigenvalue weighted by Gasteiger charge is 2.33. The summed E-state index contributed by atoms with van der Waals surface area (Å²) in [5.74, 6) is 1.27. The minimum Gasteiger partial charge on any atom is -0.368 e. The van der Waals surface area contributed by atoms with Gasteiger partial charge in [0, 0.05) is 42.9 Å². The molecule has 2 atom stereocenters. The number of hydrogen-bond donors (Lipinski definition) is 1. The number of anilines is 2. The number of nitrogens with one attached hydrogen (secondary N) is 1. The fraction of sp³-hybridized carbons (Fsp3) is 0.478. The van der Waals surface area contributed by atoms with Crippen LogP contribution in [0.25, 0.3) is 4.83 Å². The molecule has 2 fully saturated rings. The van der Waals surface area contributed by atoms with Crippen LogP contribution in [0.2, 0.25) is 0 Å². The van der Waals surface area contributed by atoms with Crippen molar-refractivity contribution in [3.63, 3.8) is 0 Å². The lowest BCUT2D eigenvalue weighted by Gasteiger charge is -2.33. The number of piperidine rings is 1. The van der Waals surface area contributed by atoms with E-state index in [-0.39, 0.29) is 17.9 Å². The molecular weight excluding hydrogens is 396 g/mol. The van der Waals surface area contributed by atoms with Gasteiger partial charge in [-0.2, -0.15) is 0 Å². The number of aromatic nitrogens is 2. The maximum Gasteiger partial charge on any atom is 0.251 e. The molecule has 5 rings (SSSR count). The van der Waals surface area contributed by atoms with Crippen LogP contribution in [0.4, 0.5) is 11.6 Å². The van der Waals surface area contributed by atoms with E-state index in [4.69, 9.17) is 9.72 Å². The van der Waals surface area contributed by atoms with Crippen molar-refractivity contribution in [2.75, 3.05) is 25.0 Å². The summed E-state index contributed by atoms with van der Waals surface area (Å²) in [5, 5.41) is 5.66. The summed E-state index contributed by atoms with van der Waals surface area (Å²) in [7, 11) is 0. The molecule has 0 radical (unpaired) electrons. The van der Waals surface area contributed by atoms with Gasteiger partial charge < -0.3 is 15.0 Å². The summed E-state index contributed by atoms with van der Waals surface area (Å²) in [6.45, 7) is 4.43. The first-order valence-electron chi connectivity index (χ1n) is 11.0. The number of benzene rings is 1. The molecule has 0 aliphatic carbocycles. The van der Waals surface area contributed by atoms with Gasteiger partial charge in [-0.15, -0.1) is 11.3 Å². The normalized spacial score (nSPS) is 22.0. The fourth-order valence-electron chi connectivity index (χ4n) is 4.65. The van der Waals surface area contributed by atoms with Gasteiger partial charge in [0.1, 0.15) is 10.9 Å². The number of hydrogen-bond acceptors (Lipinski definition) is 5. The van der Waals surface area contributed by atoms with Crippen LogP contribution in [0.5, 0.6) is 0 Å². The average Bonchev–Trinajstić information content (AvgIpc) is 3.53. The largest absolute Gasteiger partial charge is 0.368 e. The smallest absolute Gasteiger partial charge is 0.251 e. The Kier molecular flexibility index (Phi) is 5.48. The number of rotatable bonds is 5. The van der Waals surface area contributed by atoms with Crippen molar-refractivity contribution < 1.29 is 9.53 Å². The first-order chi connectivity index (χ1) is 14.7. The molecule has 158 valence electrons. The zero-order valence-electron chi connectivity index (χ0n) is 17.3. The lowest BCUT2D eigenvalue weighted by molar-refractivity contribution is -0.142. The van der Waals surface area contributed by atoms with Crippen LogP contribution in [-0.2, 0) is 16.0 Å². The number of aryl methyl sites for hydroxylation is 1. The number of imidazole rings is 1. The van der Waals surface area contributed by atoms with E-state index >= 15 is 0 Å². The number of fused-ring (bicyclic) bond motifs is 1. The highest BCUT2D eigenvalue weighted by molar-refractivity contribution is 7.15. The summed E-state index contributed by atoms with van der Waals surface area (Å²) >= 11 is 1.72. The van der Waals surface area contributed by atoms with Crippen LogP contribution in [0.3, 0.4) is 0 Å². The van der Waals surface area contributed by atoms with E-state index in [1.165, 1.54) is 10.4 Å². The number of thiazole rings is 1. The zero-order chi connectivity index (χ0) is 20.5. The predicted molar refractivity (Wildman–Crippen MR) is 120 cm³/mol. The van der Waals surface area contributed by atoms with Crippen molar-refractivity contribution in [3.05, 3.63) is 47.1 Å². The molecule has 0 unspecified atom stereocenters. The standard InChI is InChI=1S/C23H28N4O2S/c1-2-16-7-3-4-9-18(16)24-23-25-20(22-27(23)12-14-30-22)17-8-5-11-26(15-17)21(28)19-10-6-13-29-19/h3-4,7,9,12,14,17,19H,2,5-6,8,10-11,13,15H2,1H3,(H,24,25)/t17-,19+/m0/s1. The molecule has 30 heavy (non-hydrogen) atoms. The second-order valence-electron chi connectivity index (χ2n) is 8.16. The van der Waals surface area contributed by atoms with Crippen molar-refractivity contribution in [2.24, 2.45) is 0 Å². The zero-order valence-corrected chi connectivity index (χ0v) is 18.2. The quantitative estimate of drug-likeness (QED) is 0.651. The van der Waals surface area contributed by atoms with E-state index in [1.54, 1.807) is 11.3 Å². The third kappa shape index (κ3) is 3.61. The van der Waals surface area contributed by atoms with Gasteiger partial charge in [0.05, 0.1) is 5.69 Å². The molecule has 1 amide bonds. The fourth-order valence-corrected chi connectivity index (χ4v) is 5.55. The monoisotopic (exact) mass is 424 g/mol. The molecule has 2 aliphatic heterocycles. The molecule has 0 saturated carbocycles. The van der Waals surface area contributed by atoms with E-state index in [2.05, 4.69) is 52.5 Å². The molecule has 2 saturated heterocycles. The summed E-state index contributed by atoms with van der Waals surface area (Å²) in [4.78, 5) is 21.1. The van der Waals surface area contributed by atoms with Gasteiger partial charge >= 0.3 is 0 Å². The van der Waals surface area contributed by atoms with Crippen LogP contribution in [-0.4, -0.2) is 46.0 Å². The number of ether oxygens (including phenoxy) is 1. The van der Waals surface area contributed by atoms with Crippen LogP contribution in [0, 0.1) is 0 Å². The van der Waals surface area contributed by atoms with E-state index < -0.39 is 0 Å². The first kappa shape index (κ1) is 19.6. The van der Waals surface area contributed by atoms with E-state index in [0.29, 0.717) is 6.61 Å². The van der Waals surface area contributed by atoms with Gasteiger partial charge in [-0.25, -0.2) is 4.98 Å². The van der Waals surface area contributed by atoms with Gasteiger partial charge in [0.2, 0.25) is 5.95 Å². The Bertz CT molecular complexity index is 1040. The molecule has 0 spiro atoms. The molecule has 2 aliphatic rings. The Balaban J connectivity index is 1.41. The van der Waals surface area contributed by atoms with Crippen molar-refractivity contribution in [1.82, 2.24) is 14.3 Å². The topological polar surface area (TPSA) is 58.9 Å². The molecule has 2 aromatic heterocycles. The summed E-state index contributed by atoms with van der Waals surface area (Å²) in [6, 6.07) is 8.38. The second-order valence-corrected chi connectivity index (χ2v) is 9.05. The number of carbonyl (C=O) groups is 1. The summed E-state index contributed by atoms with van der Waals surface area (Å²) in [5.41, 5.74) is 3.48. The number of likely N-dealkylation sites (tertiary alicyclic amines) is 1. The number of nitrogens with zero attached hydrogens (tertiary/aromatic N) is 3. The molecular formula is C23H28N4O2S. The Morgan fingerprint density at radius 2 is 2.20 bits per heavy atom. The SMILES string of the molecule is CCc1ccccc1Nc1nc([C@H]2CCCN(C(=O)[C@H]3CCCO3)C2)c2sccn12. The van der Waals surface area contributed by atoms with Gasteiger partial charge in [-0.05, 0) is 43.7 Å². The van der Waals surface area contributed by atoms with Gasteiger partial charge in [0.25, 0.3) is 5.91 Å². The van der Waals surface area contributed by atoms with E-state index in [1.807, 2.05) is 4.90 Å². The third-order valence-corrected chi connectivity index (χ3v) is 7.14. The van der Waals surface area contributed by atoms with Crippen molar-refractivity contribution in [2.45, 2.75) is 51.0 Å². The molecule has 6 nitrogen and oxygen atoms in total. The maximum atomic E-state index is 12.9. The third-order valence-electron chi connectivity index (χ3n) is 6.25. The molecule has 0 bridgehead atoms. The molecule has 7 heteroatoms. The number of para-hydroxylation sites is 1. The molecule has 3 aromatic rings. The van der Waals surface area contributed by atoms with E-state index in [0.717, 1.165) is 62.5 Å². The lowest BCUT2D eigenvalue weighted by Crippen LogP contribution is -2.44. The molecule has 1 N–H and O–H groups in total. The van der Waals surface area contributed by atoms with Crippen LogP contribution in [0.15, 0.2) is 35.8 Å². The van der Waals surface area contributed by atoms with Gasteiger partial charge in [-0.1, -0.05) is 25.1 Å². The highest BCUT2D eigenvalue weighted by Crippen LogP contribution is 2.35. The minimum atomic E-state index is -0.240. The summed E-state index contributed by atoms with van der Waals surface area (Å²) < 4.78 is 7.79. The minimum absolute atomic E-state index is 0.161. The second kappa shape index (κ2) is 8.40. The number of amides is 1. The summed E-state index contributed by atoms with van der Waals surface area (Å²) in [6.07, 6.45) is 6.71. The Labute approximate surface area is 180 Å². The van der Waals surface area contributed by atoms with Gasteiger partial charge in [-0.3, -0.25) is 9.20 Å². The van der Waals surface area contributed by atoms with Crippen LogP contribution >= 0.6 is 11.3 Å². The van der Waals surface area contributed by atoms with E-state index in [9.17, 15) is 4.79 Å². The van der Waals surface area contributed by atoms with Crippen molar-refractivity contribution in [3.8, 4) is 0 Å².